The number of aliphatic carboxylic acids is 1. The number of carbonyl (C=O) groups is 1. The van der Waals surface area contributed by atoms with E-state index in [-0.39, 0.29) is 12.2 Å². The number of carboxylic acids is 1. The SMILES string of the molecule is COc1c(Br)cc(F)c(C2(CC(=O)O)CC2)c1OC. The molecule has 0 aliphatic heterocycles. The molecule has 1 aliphatic carbocycles. The van der Waals surface area contributed by atoms with Gasteiger partial charge in [0, 0.05) is 11.0 Å². The minimum atomic E-state index is -0.944. The number of hydrogen-bond donors (Lipinski definition) is 1. The van der Waals surface area contributed by atoms with Crippen LogP contribution < -0.4 is 9.47 Å². The fourth-order valence-corrected chi connectivity index (χ4v) is 2.96. The van der Waals surface area contributed by atoms with Crippen molar-refractivity contribution in [2.75, 3.05) is 14.2 Å². The van der Waals surface area contributed by atoms with E-state index >= 15 is 0 Å². The molecule has 0 unspecified atom stereocenters. The Hall–Kier alpha value is -1.30. The molecule has 104 valence electrons. The second-order valence-electron chi connectivity index (χ2n) is 4.63. The van der Waals surface area contributed by atoms with Crippen LogP contribution in [0, 0.1) is 5.82 Å². The maximum atomic E-state index is 14.2. The van der Waals surface area contributed by atoms with Gasteiger partial charge in [-0.25, -0.2) is 4.39 Å². The summed E-state index contributed by atoms with van der Waals surface area (Å²) in [6.45, 7) is 0. The predicted octanol–water partition coefficient (Wildman–Crippen LogP) is 3.11. The van der Waals surface area contributed by atoms with Crippen LogP contribution in [0.3, 0.4) is 0 Å². The van der Waals surface area contributed by atoms with Gasteiger partial charge in [-0.05, 0) is 34.8 Å². The summed E-state index contributed by atoms with van der Waals surface area (Å²) in [5, 5.41) is 8.98. The third-order valence-corrected chi connectivity index (χ3v) is 4.01. The minimum Gasteiger partial charge on any atom is -0.492 e. The van der Waals surface area contributed by atoms with Gasteiger partial charge < -0.3 is 14.6 Å². The van der Waals surface area contributed by atoms with Gasteiger partial charge in [0.1, 0.15) is 5.82 Å². The van der Waals surface area contributed by atoms with Gasteiger partial charge in [0.15, 0.2) is 11.5 Å². The van der Waals surface area contributed by atoms with Crippen LogP contribution in [-0.2, 0) is 10.2 Å². The molecule has 1 aromatic carbocycles. The molecule has 1 aliphatic rings. The van der Waals surface area contributed by atoms with Crippen molar-refractivity contribution in [2.45, 2.75) is 24.7 Å². The highest BCUT2D eigenvalue weighted by molar-refractivity contribution is 9.10. The van der Waals surface area contributed by atoms with Crippen LogP contribution in [0.5, 0.6) is 11.5 Å². The smallest absolute Gasteiger partial charge is 0.304 e. The van der Waals surface area contributed by atoms with Gasteiger partial charge in [-0.3, -0.25) is 4.79 Å². The zero-order chi connectivity index (χ0) is 14.2. The summed E-state index contributed by atoms with van der Waals surface area (Å²) >= 11 is 3.21. The van der Waals surface area contributed by atoms with Crippen LogP contribution in [0.2, 0.25) is 0 Å². The summed E-state index contributed by atoms with van der Waals surface area (Å²) in [7, 11) is 2.88. The van der Waals surface area contributed by atoms with Crippen LogP contribution >= 0.6 is 15.9 Å². The molecule has 0 atom stereocenters. The molecule has 0 saturated heterocycles. The second kappa shape index (κ2) is 5.00. The molecule has 0 radical (unpaired) electrons. The molecule has 0 spiro atoms. The molecule has 0 heterocycles. The first-order valence-corrected chi connectivity index (χ1v) is 6.57. The van der Waals surface area contributed by atoms with E-state index in [9.17, 15) is 9.18 Å². The Labute approximate surface area is 118 Å². The number of ether oxygens (including phenoxy) is 2. The molecule has 1 N–H and O–H groups in total. The van der Waals surface area contributed by atoms with Crippen molar-refractivity contribution >= 4 is 21.9 Å². The molecule has 1 aromatic rings. The van der Waals surface area contributed by atoms with Gasteiger partial charge in [0.05, 0.1) is 25.1 Å². The van der Waals surface area contributed by atoms with E-state index in [2.05, 4.69) is 15.9 Å². The molecule has 1 saturated carbocycles. The first-order chi connectivity index (χ1) is 8.95. The third-order valence-electron chi connectivity index (χ3n) is 3.42. The molecule has 4 nitrogen and oxygen atoms in total. The number of benzene rings is 1. The van der Waals surface area contributed by atoms with Crippen molar-refractivity contribution in [1.82, 2.24) is 0 Å². The average molecular weight is 333 g/mol. The molecule has 6 heteroatoms. The van der Waals surface area contributed by atoms with E-state index in [0.29, 0.717) is 28.6 Å². The van der Waals surface area contributed by atoms with Crippen molar-refractivity contribution in [3.8, 4) is 11.5 Å². The van der Waals surface area contributed by atoms with E-state index in [1.807, 2.05) is 0 Å². The Balaban J connectivity index is 2.59. The van der Waals surface area contributed by atoms with Crippen molar-refractivity contribution in [1.29, 1.82) is 0 Å². The highest BCUT2D eigenvalue weighted by Gasteiger charge is 2.50. The zero-order valence-corrected chi connectivity index (χ0v) is 12.2. The van der Waals surface area contributed by atoms with Crippen LogP contribution in [0.15, 0.2) is 10.5 Å². The summed E-state index contributed by atoms with van der Waals surface area (Å²) in [6, 6.07) is 1.29. The molecule has 0 bridgehead atoms. The van der Waals surface area contributed by atoms with Crippen molar-refractivity contribution in [3.05, 3.63) is 21.9 Å². The van der Waals surface area contributed by atoms with E-state index < -0.39 is 17.2 Å². The van der Waals surface area contributed by atoms with Crippen molar-refractivity contribution < 1.29 is 23.8 Å². The molecule has 0 amide bonds. The lowest BCUT2D eigenvalue weighted by Crippen LogP contribution is -2.16. The van der Waals surface area contributed by atoms with Gasteiger partial charge in [0.2, 0.25) is 0 Å². The maximum absolute atomic E-state index is 14.2. The number of halogens is 2. The summed E-state index contributed by atoms with van der Waals surface area (Å²) in [6.07, 6.45) is 1.17. The van der Waals surface area contributed by atoms with Gasteiger partial charge >= 0.3 is 5.97 Å². The number of hydrogen-bond acceptors (Lipinski definition) is 3. The molecule has 19 heavy (non-hydrogen) atoms. The number of rotatable bonds is 5. The molecular formula is C13H14BrFO4. The summed E-state index contributed by atoms with van der Waals surface area (Å²) in [5.41, 5.74) is -0.368. The maximum Gasteiger partial charge on any atom is 0.304 e. The molecular weight excluding hydrogens is 319 g/mol. The van der Waals surface area contributed by atoms with Crippen LogP contribution in [0.4, 0.5) is 4.39 Å². The molecule has 2 rings (SSSR count). The minimum absolute atomic E-state index is 0.106. The van der Waals surface area contributed by atoms with Gasteiger partial charge in [-0.1, -0.05) is 0 Å². The van der Waals surface area contributed by atoms with Crippen molar-refractivity contribution in [2.24, 2.45) is 0 Å². The summed E-state index contributed by atoms with van der Waals surface area (Å²) < 4.78 is 25.1. The van der Waals surface area contributed by atoms with E-state index in [4.69, 9.17) is 14.6 Å². The molecule has 1 fully saturated rings. The Bertz CT molecular complexity index is 526. The highest BCUT2D eigenvalue weighted by Crippen LogP contribution is 2.57. The normalized spacial score (nSPS) is 16.0. The predicted molar refractivity (Wildman–Crippen MR) is 70.4 cm³/mol. The zero-order valence-electron chi connectivity index (χ0n) is 10.6. The van der Waals surface area contributed by atoms with Gasteiger partial charge in [-0.15, -0.1) is 0 Å². The van der Waals surface area contributed by atoms with Gasteiger partial charge in [-0.2, -0.15) is 0 Å². The Morgan fingerprint density at radius 3 is 2.42 bits per heavy atom. The fourth-order valence-electron chi connectivity index (χ4n) is 2.41. The van der Waals surface area contributed by atoms with Gasteiger partial charge in [0.25, 0.3) is 0 Å². The average Bonchev–Trinajstić information content (AvgIpc) is 3.07. The highest BCUT2D eigenvalue weighted by atomic mass is 79.9. The van der Waals surface area contributed by atoms with Crippen LogP contribution in [-0.4, -0.2) is 25.3 Å². The first kappa shape index (κ1) is 14.1. The largest absolute Gasteiger partial charge is 0.492 e. The van der Waals surface area contributed by atoms with E-state index in [1.165, 1.54) is 20.3 Å². The summed E-state index contributed by atoms with van der Waals surface area (Å²) in [5.74, 6) is -0.757. The monoisotopic (exact) mass is 332 g/mol. The lowest BCUT2D eigenvalue weighted by atomic mass is 9.90. The van der Waals surface area contributed by atoms with E-state index in [0.717, 1.165) is 0 Å². The van der Waals surface area contributed by atoms with Crippen LogP contribution in [0.25, 0.3) is 0 Å². The second-order valence-corrected chi connectivity index (χ2v) is 5.49. The lowest BCUT2D eigenvalue weighted by Gasteiger charge is -2.20. The first-order valence-electron chi connectivity index (χ1n) is 5.77. The van der Waals surface area contributed by atoms with E-state index in [1.54, 1.807) is 0 Å². The lowest BCUT2D eigenvalue weighted by molar-refractivity contribution is -0.137. The Morgan fingerprint density at radius 1 is 1.42 bits per heavy atom. The Kier molecular flexibility index (Phi) is 3.71. The topological polar surface area (TPSA) is 55.8 Å². The third kappa shape index (κ3) is 2.41. The molecule has 0 aromatic heterocycles. The van der Waals surface area contributed by atoms with Crippen molar-refractivity contribution in [3.63, 3.8) is 0 Å². The quantitative estimate of drug-likeness (QED) is 0.900. The summed E-state index contributed by atoms with van der Waals surface area (Å²) in [4.78, 5) is 11.0. The number of carboxylic acid groups (broad SMARTS) is 1. The standard InChI is InChI=1S/C13H14BrFO4/c1-18-11-7(14)5-8(15)10(12(11)19-2)13(3-4-13)6-9(16)17/h5H,3-4,6H2,1-2H3,(H,16,17). The fraction of sp³-hybridized carbons (Fsp3) is 0.462. The van der Waals surface area contributed by atoms with Crippen LogP contribution in [0.1, 0.15) is 24.8 Å². The Morgan fingerprint density at radius 2 is 2.00 bits per heavy atom. The number of methoxy groups -OCH3 is 2.